The van der Waals surface area contributed by atoms with Crippen LogP contribution < -0.4 is 4.74 Å². The lowest BCUT2D eigenvalue weighted by Crippen LogP contribution is -2.31. The van der Waals surface area contributed by atoms with Crippen molar-refractivity contribution in [1.29, 1.82) is 0 Å². The molecule has 0 spiro atoms. The maximum absolute atomic E-state index is 14.1. The zero-order valence-electron chi connectivity index (χ0n) is 27.3. The Kier molecular flexibility index (Phi) is 10.9. The summed E-state index contributed by atoms with van der Waals surface area (Å²) in [5, 5.41) is 1.12. The molecule has 5 aromatic rings. The van der Waals surface area contributed by atoms with Crippen LogP contribution in [0.2, 0.25) is 10.0 Å². The number of hydrogen-bond donors (Lipinski definition) is 0. The van der Waals surface area contributed by atoms with Crippen molar-refractivity contribution in [3.8, 4) is 16.9 Å². The summed E-state index contributed by atoms with van der Waals surface area (Å²) in [5.41, 5.74) is 3.09. The maximum Gasteiger partial charge on any atom is 0.416 e. The van der Waals surface area contributed by atoms with Crippen molar-refractivity contribution in [1.82, 2.24) is 4.90 Å². The van der Waals surface area contributed by atoms with Crippen LogP contribution in [0.15, 0.2) is 115 Å². The van der Waals surface area contributed by atoms with E-state index >= 15 is 0 Å². The first-order valence-corrected chi connectivity index (χ1v) is 16.8. The van der Waals surface area contributed by atoms with Crippen molar-refractivity contribution >= 4 is 35.3 Å². The molecule has 0 radical (unpaired) electrons. The fourth-order valence-electron chi connectivity index (χ4n) is 5.88. The van der Waals surface area contributed by atoms with Crippen molar-refractivity contribution in [3.05, 3.63) is 159 Å². The first-order valence-electron chi connectivity index (χ1n) is 16.1. The molecular weight excluding hydrogens is 702 g/mol. The lowest BCUT2D eigenvalue weighted by Gasteiger charge is -2.24. The third-order valence-corrected chi connectivity index (χ3v) is 9.10. The first kappa shape index (κ1) is 35.8. The van der Waals surface area contributed by atoms with Gasteiger partial charge in [-0.05, 0) is 88.8 Å². The number of benzene rings is 5. The number of hydrogen-bond acceptors (Lipinski definition) is 5. The molecule has 6 rings (SSSR count). The van der Waals surface area contributed by atoms with Gasteiger partial charge in [0.2, 0.25) is 0 Å². The highest BCUT2D eigenvalue weighted by atomic mass is 35.5. The van der Waals surface area contributed by atoms with Gasteiger partial charge in [-0.2, -0.15) is 13.2 Å². The number of ether oxygens (including phenoxy) is 3. The third kappa shape index (κ3) is 8.85. The summed E-state index contributed by atoms with van der Waals surface area (Å²) in [5.74, 6) is -0.137. The Hall–Kier alpha value is -4.99. The van der Waals surface area contributed by atoms with Crippen LogP contribution in [0.5, 0.6) is 5.75 Å². The van der Waals surface area contributed by atoms with Gasteiger partial charge in [-0.1, -0.05) is 89.9 Å². The van der Waals surface area contributed by atoms with E-state index in [0.717, 1.165) is 28.8 Å². The number of carbonyl (C=O) groups excluding carboxylic acids is 2. The normalized spacial score (nSPS) is 15.8. The van der Waals surface area contributed by atoms with E-state index in [-0.39, 0.29) is 31.7 Å². The average Bonchev–Trinajstić information content (AvgIpc) is 3.40. The van der Waals surface area contributed by atoms with Crippen molar-refractivity contribution in [2.24, 2.45) is 0 Å². The van der Waals surface area contributed by atoms with Crippen molar-refractivity contribution in [2.45, 2.75) is 51.4 Å². The number of esters is 1. The second-order valence-electron chi connectivity index (χ2n) is 12.2. The molecule has 1 saturated heterocycles. The summed E-state index contributed by atoms with van der Waals surface area (Å²) in [6.07, 6.45) is -5.99. The maximum atomic E-state index is 14.1. The van der Waals surface area contributed by atoms with Crippen molar-refractivity contribution in [2.75, 3.05) is 0 Å². The average molecular weight is 735 g/mol. The van der Waals surface area contributed by atoms with Crippen LogP contribution in [0.4, 0.5) is 18.0 Å². The lowest BCUT2D eigenvalue weighted by atomic mass is 9.93. The number of nitrogens with zero attached hydrogens (tertiary/aromatic N) is 1. The van der Waals surface area contributed by atoms with E-state index in [0.29, 0.717) is 32.5 Å². The molecule has 6 nitrogen and oxygen atoms in total. The molecule has 1 aliphatic rings. The summed E-state index contributed by atoms with van der Waals surface area (Å²) in [6.45, 7) is 1.80. The number of halogens is 5. The Morgan fingerprint density at radius 1 is 0.784 bits per heavy atom. The highest BCUT2D eigenvalue weighted by molar-refractivity contribution is 6.30. The number of carbonyl (C=O) groups is 2. The zero-order valence-corrected chi connectivity index (χ0v) is 28.8. The highest BCUT2D eigenvalue weighted by Gasteiger charge is 2.40. The molecule has 51 heavy (non-hydrogen) atoms. The first-order chi connectivity index (χ1) is 24.4. The monoisotopic (exact) mass is 733 g/mol. The van der Waals surface area contributed by atoms with Crippen LogP contribution in [0.25, 0.3) is 11.1 Å². The second-order valence-corrected chi connectivity index (χ2v) is 13.0. The fraction of sp³-hybridized carbons (Fsp3) is 0.200. The van der Waals surface area contributed by atoms with Gasteiger partial charge < -0.3 is 14.2 Å². The minimum atomic E-state index is -4.64. The van der Waals surface area contributed by atoms with Crippen LogP contribution in [0.3, 0.4) is 0 Å². The number of alkyl halides is 3. The van der Waals surface area contributed by atoms with Gasteiger partial charge in [-0.3, -0.25) is 9.69 Å². The standard InChI is InChI=1S/C40H32Cl2F3NO5/c1-25-38(29-5-3-2-4-6-29)51-39(48)46(25)22-30-21-31(40(43,44)45)12-17-34(30)35-19-28(20-37(47)50-24-27-9-15-33(42)16-10-27)11-18-36(35)49-23-26-7-13-32(41)14-8-26/h2-19,21,25,38H,20,22-24H2,1H3. The van der Waals surface area contributed by atoms with E-state index in [2.05, 4.69) is 0 Å². The fourth-order valence-corrected chi connectivity index (χ4v) is 6.13. The summed E-state index contributed by atoms with van der Waals surface area (Å²) in [7, 11) is 0. The van der Waals surface area contributed by atoms with E-state index < -0.39 is 35.9 Å². The molecule has 0 aliphatic carbocycles. The van der Waals surface area contributed by atoms with Gasteiger partial charge in [0.1, 0.15) is 25.1 Å². The Labute approximate surface area is 303 Å². The van der Waals surface area contributed by atoms with Gasteiger partial charge in [0.05, 0.1) is 24.6 Å². The minimum absolute atomic E-state index is 0.0439. The number of cyclic esters (lactones) is 1. The van der Waals surface area contributed by atoms with Crippen LogP contribution >= 0.6 is 23.2 Å². The van der Waals surface area contributed by atoms with Gasteiger partial charge in [0.25, 0.3) is 0 Å². The summed E-state index contributed by atoms with van der Waals surface area (Å²) >= 11 is 12.0. The van der Waals surface area contributed by atoms with Gasteiger partial charge in [-0.25, -0.2) is 4.79 Å². The number of amides is 1. The summed E-state index contributed by atoms with van der Waals surface area (Å²) in [4.78, 5) is 27.5. The molecule has 0 N–H and O–H groups in total. The molecule has 11 heteroatoms. The molecule has 0 aromatic heterocycles. The molecular formula is C40H32Cl2F3NO5. The van der Waals surface area contributed by atoms with Crippen LogP contribution in [0.1, 0.15) is 46.4 Å². The quantitative estimate of drug-likeness (QED) is 0.126. The van der Waals surface area contributed by atoms with Crippen LogP contribution in [0, 0.1) is 0 Å². The lowest BCUT2D eigenvalue weighted by molar-refractivity contribution is -0.144. The summed E-state index contributed by atoms with van der Waals surface area (Å²) < 4.78 is 59.7. The minimum Gasteiger partial charge on any atom is -0.488 e. The molecule has 2 atom stereocenters. The Bertz CT molecular complexity index is 2000. The molecule has 0 bridgehead atoms. The van der Waals surface area contributed by atoms with Gasteiger partial charge in [0.15, 0.2) is 0 Å². The Morgan fingerprint density at radius 2 is 1.41 bits per heavy atom. The van der Waals surface area contributed by atoms with E-state index in [1.807, 2.05) is 30.3 Å². The van der Waals surface area contributed by atoms with E-state index in [1.54, 1.807) is 73.7 Å². The Balaban J connectivity index is 1.34. The van der Waals surface area contributed by atoms with Crippen LogP contribution in [-0.4, -0.2) is 23.0 Å². The number of rotatable bonds is 11. The van der Waals surface area contributed by atoms with Crippen molar-refractivity contribution < 1.29 is 37.0 Å². The van der Waals surface area contributed by atoms with E-state index in [9.17, 15) is 22.8 Å². The van der Waals surface area contributed by atoms with Crippen molar-refractivity contribution in [3.63, 3.8) is 0 Å². The van der Waals surface area contributed by atoms with Gasteiger partial charge >= 0.3 is 18.2 Å². The largest absolute Gasteiger partial charge is 0.488 e. The third-order valence-electron chi connectivity index (χ3n) is 8.60. The molecule has 1 amide bonds. The predicted octanol–water partition coefficient (Wildman–Crippen LogP) is 10.6. The molecule has 5 aromatic carbocycles. The zero-order chi connectivity index (χ0) is 36.1. The van der Waals surface area contributed by atoms with Gasteiger partial charge in [-0.15, -0.1) is 0 Å². The summed E-state index contributed by atoms with van der Waals surface area (Å²) in [6, 6.07) is 31.2. The molecule has 2 unspecified atom stereocenters. The molecule has 1 aliphatic heterocycles. The molecule has 1 fully saturated rings. The topological polar surface area (TPSA) is 65.1 Å². The van der Waals surface area contributed by atoms with Crippen LogP contribution in [-0.2, 0) is 46.6 Å². The predicted molar refractivity (Wildman–Crippen MR) is 188 cm³/mol. The van der Waals surface area contributed by atoms with Gasteiger partial charge in [0, 0.05) is 15.6 Å². The highest BCUT2D eigenvalue weighted by Crippen LogP contribution is 2.40. The Morgan fingerprint density at radius 3 is 2.06 bits per heavy atom. The molecule has 1 heterocycles. The molecule has 262 valence electrons. The van der Waals surface area contributed by atoms with E-state index in [4.69, 9.17) is 37.4 Å². The second kappa shape index (κ2) is 15.5. The SMILES string of the molecule is CC1C(c2ccccc2)OC(=O)N1Cc1cc(C(F)(F)F)ccc1-c1cc(CC(=O)OCc2ccc(Cl)cc2)ccc1OCc1ccc(Cl)cc1. The smallest absolute Gasteiger partial charge is 0.416 e. The molecule has 0 saturated carbocycles. The van der Waals surface area contributed by atoms with E-state index in [1.165, 1.54) is 11.0 Å².